The van der Waals surface area contributed by atoms with Crippen LogP contribution in [0.15, 0.2) is 12.4 Å². The second-order valence-corrected chi connectivity index (χ2v) is 8.38. The Morgan fingerprint density at radius 2 is 2.04 bits per heavy atom. The second kappa shape index (κ2) is 5.57. The molecular formula is C14H22N4O4S. The lowest BCUT2D eigenvalue weighted by molar-refractivity contribution is -0.177. The van der Waals surface area contributed by atoms with Gasteiger partial charge >= 0.3 is 0 Å². The van der Waals surface area contributed by atoms with Crippen molar-refractivity contribution in [2.45, 2.75) is 31.1 Å². The third-order valence-corrected chi connectivity index (χ3v) is 5.87. The van der Waals surface area contributed by atoms with Crippen molar-refractivity contribution in [3.8, 4) is 0 Å². The fourth-order valence-electron chi connectivity index (χ4n) is 3.33. The molecule has 23 heavy (non-hydrogen) atoms. The Labute approximate surface area is 136 Å². The standard InChI is InChI=1S/C14H22N4O4S/c1-16(2)12(19)11-10-17-9-6-15-13(17)14(22-11)4-7-18(8-5-14)23(3,20)21/h6,9,11H,4-5,7-8,10H2,1-3H3. The van der Waals surface area contributed by atoms with E-state index in [9.17, 15) is 13.2 Å². The maximum atomic E-state index is 12.3. The molecule has 2 aliphatic rings. The number of sulfonamides is 1. The minimum atomic E-state index is -3.21. The van der Waals surface area contributed by atoms with Gasteiger partial charge in [0.05, 0.1) is 12.8 Å². The monoisotopic (exact) mass is 342 g/mol. The molecule has 1 amide bonds. The zero-order chi connectivity index (χ0) is 16.8. The molecule has 3 heterocycles. The molecule has 0 aliphatic carbocycles. The fourth-order valence-corrected chi connectivity index (χ4v) is 4.18. The molecule has 1 atom stereocenters. The van der Waals surface area contributed by atoms with E-state index in [0.717, 1.165) is 5.82 Å². The van der Waals surface area contributed by atoms with Crippen LogP contribution in [0.4, 0.5) is 0 Å². The number of nitrogens with zero attached hydrogens (tertiary/aromatic N) is 4. The first-order valence-corrected chi connectivity index (χ1v) is 9.43. The van der Waals surface area contributed by atoms with Gasteiger partial charge in [0.15, 0.2) is 6.10 Å². The number of piperidine rings is 1. The summed E-state index contributed by atoms with van der Waals surface area (Å²) in [5, 5.41) is 0. The molecule has 1 spiro atoms. The molecule has 8 nitrogen and oxygen atoms in total. The van der Waals surface area contributed by atoms with Crippen LogP contribution in [0.25, 0.3) is 0 Å². The van der Waals surface area contributed by atoms with Crippen molar-refractivity contribution in [2.24, 2.45) is 0 Å². The summed E-state index contributed by atoms with van der Waals surface area (Å²) in [7, 11) is 0.192. The lowest BCUT2D eigenvalue weighted by Gasteiger charge is -2.45. The molecule has 3 rings (SSSR count). The lowest BCUT2D eigenvalue weighted by Crippen LogP contribution is -2.54. The van der Waals surface area contributed by atoms with E-state index in [2.05, 4.69) is 4.98 Å². The summed E-state index contributed by atoms with van der Waals surface area (Å²) in [6, 6.07) is 0. The van der Waals surface area contributed by atoms with Crippen molar-refractivity contribution < 1.29 is 17.9 Å². The summed E-state index contributed by atoms with van der Waals surface area (Å²) in [4.78, 5) is 18.3. The van der Waals surface area contributed by atoms with Gasteiger partial charge in [-0.05, 0) is 12.8 Å². The van der Waals surface area contributed by atoms with Crippen LogP contribution in [-0.2, 0) is 31.7 Å². The van der Waals surface area contributed by atoms with Gasteiger partial charge in [0, 0.05) is 39.6 Å². The SMILES string of the molecule is CN(C)C(=O)C1Cn2ccnc2C2(CCN(S(C)(=O)=O)CC2)O1. The number of hydrogen-bond donors (Lipinski definition) is 0. The number of imidazole rings is 1. The summed E-state index contributed by atoms with van der Waals surface area (Å²) >= 11 is 0. The van der Waals surface area contributed by atoms with Gasteiger partial charge in [-0.2, -0.15) is 0 Å². The van der Waals surface area contributed by atoms with Crippen molar-refractivity contribution in [1.82, 2.24) is 18.8 Å². The van der Waals surface area contributed by atoms with Crippen LogP contribution in [0.3, 0.4) is 0 Å². The first-order chi connectivity index (χ1) is 10.7. The number of ether oxygens (including phenoxy) is 1. The molecule has 0 bridgehead atoms. The Morgan fingerprint density at radius 3 is 2.61 bits per heavy atom. The van der Waals surface area contributed by atoms with Gasteiger partial charge < -0.3 is 14.2 Å². The van der Waals surface area contributed by atoms with E-state index in [1.165, 1.54) is 15.5 Å². The lowest BCUT2D eigenvalue weighted by atomic mass is 9.89. The average Bonchev–Trinajstić information content (AvgIpc) is 2.95. The molecule has 2 aliphatic heterocycles. The van der Waals surface area contributed by atoms with Crippen molar-refractivity contribution in [3.63, 3.8) is 0 Å². The number of hydrogen-bond acceptors (Lipinski definition) is 5. The van der Waals surface area contributed by atoms with Gasteiger partial charge in [-0.1, -0.05) is 0 Å². The molecule has 0 aromatic carbocycles. The van der Waals surface area contributed by atoms with Gasteiger partial charge in [0.2, 0.25) is 10.0 Å². The maximum absolute atomic E-state index is 12.3. The van der Waals surface area contributed by atoms with Gasteiger partial charge in [-0.3, -0.25) is 4.79 Å². The van der Waals surface area contributed by atoms with Crippen molar-refractivity contribution in [3.05, 3.63) is 18.2 Å². The van der Waals surface area contributed by atoms with Gasteiger partial charge in [0.25, 0.3) is 5.91 Å². The summed E-state index contributed by atoms with van der Waals surface area (Å²) in [5.41, 5.74) is -0.695. The number of carbonyl (C=O) groups excluding carboxylic acids is 1. The number of rotatable bonds is 2. The zero-order valence-electron chi connectivity index (χ0n) is 13.6. The molecular weight excluding hydrogens is 320 g/mol. The maximum Gasteiger partial charge on any atom is 0.253 e. The Bertz CT molecular complexity index is 704. The van der Waals surface area contributed by atoms with Crippen LogP contribution in [0.5, 0.6) is 0 Å². The zero-order valence-corrected chi connectivity index (χ0v) is 14.4. The highest BCUT2D eigenvalue weighted by Crippen LogP contribution is 2.40. The first kappa shape index (κ1) is 16.4. The summed E-state index contributed by atoms with van der Waals surface area (Å²) in [6.07, 6.45) is 5.18. The molecule has 0 N–H and O–H groups in total. The van der Waals surface area contributed by atoms with E-state index < -0.39 is 21.7 Å². The largest absolute Gasteiger partial charge is 0.352 e. The summed E-state index contributed by atoms with van der Waals surface area (Å²) < 4.78 is 33.0. The van der Waals surface area contributed by atoms with Crippen LogP contribution in [0, 0.1) is 0 Å². The highest BCUT2D eigenvalue weighted by Gasteiger charge is 2.48. The Hall–Kier alpha value is -1.45. The Kier molecular flexibility index (Phi) is 3.97. The van der Waals surface area contributed by atoms with Crippen LogP contribution < -0.4 is 0 Å². The average molecular weight is 342 g/mol. The van der Waals surface area contributed by atoms with E-state index in [-0.39, 0.29) is 5.91 Å². The molecule has 128 valence electrons. The molecule has 0 saturated carbocycles. The highest BCUT2D eigenvalue weighted by atomic mass is 32.2. The van der Waals surface area contributed by atoms with E-state index >= 15 is 0 Å². The normalized spacial score (nSPS) is 24.4. The molecule has 1 unspecified atom stereocenters. The molecule has 1 aromatic rings. The summed E-state index contributed by atoms with van der Waals surface area (Å²) in [5.74, 6) is 0.697. The first-order valence-electron chi connectivity index (χ1n) is 7.59. The number of amides is 1. The number of carbonyl (C=O) groups is 1. The predicted molar refractivity (Wildman–Crippen MR) is 83.1 cm³/mol. The predicted octanol–water partition coefficient (Wildman–Crippen LogP) is -0.379. The Morgan fingerprint density at radius 1 is 1.39 bits per heavy atom. The van der Waals surface area contributed by atoms with Crippen LogP contribution >= 0.6 is 0 Å². The van der Waals surface area contributed by atoms with Crippen molar-refractivity contribution in [1.29, 1.82) is 0 Å². The topological polar surface area (TPSA) is 84.7 Å². The van der Waals surface area contributed by atoms with Crippen LogP contribution in [-0.4, -0.2) is 72.6 Å². The summed E-state index contributed by atoms with van der Waals surface area (Å²) in [6.45, 7) is 1.17. The van der Waals surface area contributed by atoms with E-state index in [1.54, 1.807) is 20.3 Å². The Balaban J connectivity index is 1.89. The van der Waals surface area contributed by atoms with E-state index in [1.807, 2.05) is 10.8 Å². The van der Waals surface area contributed by atoms with Crippen LogP contribution in [0.1, 0.15) is 18.7 Å². The van der Waals surface area contributed by atoms with Gasteiger partial charge in [0.1, 0.15) is 11.4 Å². The van der Waals surface area contributed by atoms with Crippen molar-refractivity contribution in [2.75, 3.05) is 33.4 Å². The highest BCUT2D eigenvalue weighted by molar-refractivity contribution is 7.88. The molecule has 0 radical (unpaired) electrons. The van der Waals surface area contributed by atoms with Crippen LogP contribution in [0.2, 0.25) is 0 Å². The fraction of sp³-hybridized carbons (Fsp3) is 0.714. The molecule has 9 heteroatoms. The minimum absolute atomic E-state index is 0.0886. The van der Waals surface area contributed by atoms with Crippen molar-refractivity contribution >= 4 is 15.9 Å². The molecule has 1 fully saturated rings. The minimum Gasteiger partial charge on any atom is -0.352 e. The smallest absolute Gasteiger partial charge is 0.253 e. The molecule has 1 aromatic heterocycles. The van der Waals surface area contributed by atoms with E-state index in [0.29, 0.717) is 32.5 Å². The number of likely N-dealkylation sites (N-methyl/N-ethyl adjacent to an activating group) is 1. The quantitative estimate of drug-likeness (QED) is 0.731. The number of fused-ring (bicyclic) bond motifs is 2. The van der Waals surface area contributed by atoms with Gasteiger partial charge in [-0.15, -0.1) is 0 Å². The molecule has 1 saturated heterocycles. The van der Waals surface area contributed by atoms with E-state index in [4.69, 9.17) is 4.74 Å². The van der Waals surface area contributed by atoms with Gasteiger partial charge in [-0.25, -0.2) is 17.7 Å². The second-order valence-electron chi connectivity index (χ2n) is 6.40. The third kappa shape index (κ3) is 2.88. The third-order valence-electron chi connectivity index (χ3n) is 4.57. The number of aromatic nitrogens is 2.